The van der Waals surface area contributed by atoms with E-state index < -0.39 is 12.2 Å². The van der Waals surface area contributed by atoms with Crippen molar-refractivity contribution in [1.29, 1.82) is 0 Å². The Kier molecular flexibility index (Phi) is 10.2. The van der Waals surface area contributed by atoms with Crippen LogP contribution in [-0.2, 0) is 29.1 Å². The summed E-state index contributed by atoms with van der Waals surface area (Å²) in [6.45, 7) is 7.42. The summed E-state index contributed by atoms with van der Waals surface area (Å²) in [6, 6.07) is 23.8. The maximum absolute atomic E-state index is 14.1. The standard InChI is InChI=1S/C36H39N5O4/c1-4-19-39(36(44)37-23-28-15-11-8-12-16-28)40-26-34(42)41-31(21-27-13-9-7-10-14-27)35(43)38(25-33(40)41)24-29-17-18-30(6-3)32(22-29)45-20-5-2/h3-4,7-18,22,31,33H,1,5,19-21,23-26H2,2H3,(H,37,44)/t31-,33+/m0/s1. The van der Waals surface area contributed by atoms with E-state index >= 15 is 0 Å². The van der Waals surface area contributed by atoms with Crippen LogP contribution in [-0.4, -0.2) is 76.1 Å². The highest BCUT2D eigenvalue weighted by atomic mass is 16.5. The fourth-order valence-electron chi connectivity index (χ4n) is 5.86. The first-order chi connectivity index (χ1) is 21.9. The number of hydrogen-bond donors (Lipinski definition) is 1. The first-order valence-electron chi connectivity index (χ1n) is 15.3. The molecule has 0 radical (unpaired) electrons. The van der Waals surface area contributed by atoms with Gasteiger partial charge < -0.3 is 19.9 Å². The molecule has 0 spiro atoms. The molecule has 2 heterocycles. The topological polar surface area (TPSA) is 85.4 Å². The maximum atomic E-state index is 14.1. The summed E-state index contributed by atoms with van der Waals surface area (Å²) in [5.41, 5.74) is 3.41. The van der Waals surface area contributed by atoms with Gasteiger partial charge in [0.2, 0.25) is 11.8 Å². The number of carbonyl (C=O) groups excluding carboxylic acids is 3. The number of nitrogens with one attached hydrogen (secondary N) is 1. The minimum absolute atomic E-state index is 0.0322. The second kappa shape index (κ2) is 14.6. The molecule has 2 aliphatic rings. The van der Waals surface area contributed by atoms with Crippen molar-refractivity contribution in [2.45, 2.75) is 45.1 Å². The summed E-state index contributed by atoms with van der Waals surface area (Å²) in [7, 11) is 0. The number of piperazine rings is 1. The Morgan fingerprint density at radius 3 is 2.44 bits per heavy atom. The molecule has 9 nitrogen and oxygen atoms in total. The van der Waals surface area contributed by atoms with Crippen molar-refractivity contribution in [3.05, 3.63) is 114 Å². The van der Waals surface area contributed by atoms with E-state index in [0.717, 1.165) is 23.1 Å². The summed E-state index contributed by atoms with van der Waals surface area (Å²) < 4.78 is 5.91. The molecule has 0 bridgehead atoms. The smallest absolute Gasteiger partial charge is 0.332 e. The van der Waals surface area contributed by atoms with Gasteiger partial charge in [0.25, 0.3) is 0 Å². The van der Waals surface area contributed by atoms with Gasteiger partial charge in [-0.2, -0.15) is 5.01 Å². The minimum Gasteiger partial charge on any atom is -0.492 e. The Balaban J connectivity index is 1.44. The lowest BCUT2D eigenvalue weighted by atomic mass is 10.00. The van der Waals surface area contributed by atoms with Gasteiger partial charge in [-0.1, -0.05) is 85.7 Å². The minimum atomic E-state index is -0.734. The van der Waals surface area contributed by atoms with Crippen molar-refractivity contribution in [3.8, 4) is 18.1 Å². The summed E-state index contributed by atoms with van der Waals surface area (Å²) >= 11 is 0. The first kappa shape index (κ1) is 31.4. The number of ether oxygens (including phenoxy) is 1. The lowest BCUT2D eigenvalue weighted by molar-refractivity contribution is -0.157. The van der Waals surface area contributed by atoms with Crippen LogP contribution >= 0.6 is 0 Å². The summed E-state index contributed by atoms with van der Waals surface area (Å²) in [5, 5.41) is 6.25. The molecular weight excluding hydrogens is 566 g/mol. The molecule has 2 aliphatic heterocycles. The highest BCUT2D eigenvalue weighted by Gasteiger charge is 2.52. The molecule has 0 aliphatic carbocycles. The largest absolute Gasteiger partial charge is 0.492 e. The second-order valence-electron chi connectivity index (χ2n) is 11.1. The molecule has 9 heteroatoms. The molecule has 3 aromatic carbocycles. The van der Waals surface area contributed by atoms with Gasteiger partial charge in [0.1, 0.15) is 18.0 Å². The highest BCUT2D eigenvalue weighted by Crippen LogP contribution is 2.31. The quantitative estimate of drug-likeness (QED) is 0.247. The number of nitrogens with zero attached hydrogens (tertiary/aromatic N) is 4. The fraction of sp³-hybridized carbons (Fsp3) is 0.306. The van der Waals surface area contributed by atoms with E-state index in [1.54, 1.807) is 20.9 Å². The van der Waals surface area contributed by atoms with Crippen molar-refractivity contribution >= 4 is 17.8 Å². The first-order valence-corrected chi connectivity index (χ1v) is 15.3. The van der Waals surface area contributed by atoms with E-state index in [4.69, 9.17) is 11.2 Å². The van der Waals surface area contributed by atoms with Crippen molar-refractivity contribution < 1.29 is 19.1 Å². The average Bonchev–Trinajstić information content (AvgIpc) is 3.39. The summed E-state index contributed by atoms with van der Waals surface area (Å²) in [5.74, 6) is 2.92. The average molecular weight is 606 g/mol. The van der Waals surface area contributed by atoms with Gasteiger partial charge in [-0.3, -0.25) is 14.6 Å². The molecule has 4 amide bonds. The monoisotopic (exact) mass is 605 g/mol. The number of hydrogen-bond acceptors (Lipinski definition) is 5. The van der Waals surface area contributed by atoms with Crippen LogP contribution in [0.25, 0.3) is 0 Å². The number of urea groups is 1. The molecule has 2 atom stereocenters. The van der Waals surface area contributed by atoms with Crippen molar-refractivity contribution in [3.63, 3.8) is 0 Å². The molecule has 45 heavy (non-hydrogen) atoms. The van der Waals surface area contributed by atoms with Crippen LogP contribution in [0.5, 0.6) is 5.75 Å². The SMILES string of the molecule is C#Cc1ccc(CN2C[C@H]3N(C(=O)CN3N(CC=C)C(=O)NCc3ccccc3)[C@@H](Cc3ccccc3)C2=O)cc1OCCC. The van der Waals surface area contributed by atoms with Crippen LogP contribution < -0.4 is 10.1 Å². The predicted octanol–water partition coefficient (Wildman–Crippen LogP) is 4.19. The van der Waals surface area contributed by atoms with Gasteiger partial charge in [0.15, 0.2) is 0 Å². The molecule has 2 fully saturated rings. The van der Waals surface area contributed by atoms with Crippen molar-refractivity contribution in [2.75, 3.05) is 26.2 Å². The van der Waals surface area contributed by atoms with Crippen LogP contribution in [0, 0.1) is 12.3 Å². The van der Waals surface area contributed by atoms with E-state index in [1.165, 1.54) is 5.01 Å². The van der Waals surface area contributed by atoms with Crippen molar-refractivity contribution in [1.82, 2.24) is 25.1 Å². The van der Waals surface area contributed by atoms with Crippen LogP contribution in [0.3, 0.4) is 0 Å². The van der Waals surface area contributed by atoms with Crippen LogP contribution in [0.1, 0.15) is 35.6 Å². The number of hydrazine groups is 1. The number of fused-ring (bicyclic) bond motifs is 1. The Labute approximate surface area is 265 Å². The molecule has 5 rings (SSSR count). The molecule has 2 saturated heterocycles. The van der Waals surface area contributed by atoms with Gasteiger partial charge in [0, 0.05) is 19.5 Å². The zero-order valence-corrected chi connectivity index (χ0v) is 25.6. The molecule has 3 aromatic rings. The van der Waals surface area contributed by atoms with Gasteiger partial charge in [-0.25, -0.2) is 4.79 Å². The van der Waals surface area contributed by atoms with Gasteiger partial charge >= 0.3 is 6.03 Å². The molecule has 1 N–H and O–H groups in total. The maximum Gasteiger partial charge on any atom is 0.332 e. The van der Waals surface area contributed by atoms with Gasteiger partial charge in [-0.15, -0.1) is 13.0 Å². The van der Waals surface area contributed by atoms with E-state index in [-0.39, 0.29) is 37.5 Å². The Hall–Kier alpha value is -5.07. The molecule has 0 unspecified atom stereocenters. The molecule has 0 aromatic heterocycles. The van der Waals surface area contributed by atoms with Crippen LogP contribution in [0.2, 0.25) is 0 Å². The van der Waals surface area contributed by atoms with Crippen molar-refractivity contribution in [2.24, 2.45) is 0 Å². The molecular formula is C36H39N5O4. The Morgan fingerprint density at radius 1 is 1.07 bits per heavy atom. The third-order valence-electron chi connectivity index (χ3n) is 8.01. The summed E-state index contributed by atoms with van der Waals surface area (Å²) in [6.07, 6.45) is 7.98. The molecule has 232 valence electrons. The zero-order chi connectivity index (χ0) is 31.8. The predicted molar refractivity (Wildman–Crippen MR) is 172 cm³/mol. The van der Waals surface area contributed by atoms with E-state index in [1.807, 2.05) is 85.8 Å². The number of rotatable bonds is 12. The normalized spacial score (nSPS) is 17.9. The zero-order valence-electron chi connectivity index (χ0n) is 25.6. The van der Waals surface area contributed by atoms with E-state index in [0.29, 0.717) is 37.4 Å². The third kappa shape index (κ3) is 7.19. The van der Waals surface area contributed by atoms with Crippen LogP contribution in [0.4, 0.5) is 4.79 Å². The Bertz CT molecular complexity index is 1550. The Morgan fingerprint density at radius 2 is 1.78 bits per heavy atom. The molecule has 0 saturated carbocycles. The number of terminal acetylenes is 1. The van der Waals surface area contributed by atoms with Crippen LogP contribution in [0.15, 0.2) is 91.5 Å². The highest BCUT2D eigenvalue weighted by molar-refractivity contribution is 5.91. The third-order valence-corrected chi connectivity index (χ3v) is 8.01. The number of benzene rings is 3. The lowest BCUT2D eigenvalue weighted by Crippen LogP contribution is -2.66. The van der Waals surface area contributed by atoms with Gasteiger partial charge in [0.05, 0.1) is 31.8 Å². The number of carbonyl (C=O) groups is 3. The second-order valence-corrected chi connectivity index (χ2v) is 11.1. The van der Waals surface area contributed by atoms with E-state index in [9.17, 15) is 14.4 Å². The number of amides is 4. The lowest BCUT2D eigenvalue weighted by Gasteiger charge is -2.46. The fourth-order valence-corrected chi connectivity index (χ4v) is 5.86. The van der Waals surface area contributed by atoms with Gasteiger partial charge in [-0.05, 0) is 35.2 Å². The van der Waals surface area contributed by atoms with E-state index in [2.05, 4.69) is 17.8 Å². The summed E-state index contributed by atoms with van der Waals surface area (Å²) in [4.78, 5) is 44.8.